The summed E-state index contributed by atoms with van der Waals surface area (Å²) < 4.78 is 11.3. The number of aromatic nitrogens is 3. The van der Waals surface area contributed by atoms with Crippen molar-refractivity contribution in [1.29, 1.82) is 0 Å². The van der Waals surface area contributed by atoms with Gasteiger partial charge < -0.3 is 19.2 Å². The van der Waals surface area contributed by atoms with Crippen LogP contribution in [-0.2, 0) is 4.74 Å². The molecular formula is C24H29N7O3. The number of likely N-dealkylation sites (N-methyl/N-ethyl adjacent to an activating group) is 1. The number of hydrogen-bond donors (Lipinski definition) is 1. The van der Waals surface area contributed by atoms with Gasteiger partial charge in [0.25, 0.3) is 0 Å². The number of morpholine rings is 1. The molecule has 1 N–H and O–H groups in total. The van der Waals surface area contributed by atoms with Crippen molar-refractivity contribution >= 4 is 17.9 Å². The molecule has 10 heteroatoms. The number of pyridine rings is 1. The molecular weight excluding hydrogens is 434 g/mol. The number of nitrogens with zero attached hydrogens (tertiary/aromatic N) is 6. The van der Waals surface area contributed by atoms with E-state index >= 15 is 0 Å². The SMILES string of the molecule is Cc1cccc(C=NNc2cc(N3CCOCC3)nc(OCCN(C)Oc3cccnc3)n2)c1. The van der Waals surface area contributed by atoms with Crippen molar-refractivity contribution in [2.75, 3.05) is 56.8 Å². The second-order valence-corrected chi connectivity index (χ2v) is 7.76. The Morgan fingerprint density at radius 3 is 2.85 bits per heavy atom. The average Bonchev–Trinajstić information content (AvgIpc) is 2.85. The Hall–Kier alpha value is -3.76. The van der Waals surface area contributed by atoms with Gasteiger partial charge in [0.15, 0.2) is 11.6 Å². The van der Waals surface area contributed by atoms with Gasteiger partial charge in [-0.15, -0.1) is 5.06 Å². The second-order valence-electron chi connectivity index (χ2n) is 7.76. The lowest BCUT2D eigenvalue weighted by Gasteiger charge is -2.28. The summed E-state index contributed by atoms with van der Waals surface area (Å²) in [6.07, 6.45) is 5.11. The smallest absolute Gasteiger partial charge is 0.320 e. The molecule has 178 valence electrons. The minimum absolute atomic E-state index is 0.270. The van der Waals surface area contributed by atoms with Crippen LogP contribution in [0.25, 0.3) is 0 Å². The summed E-state index contributed by atoms with van der Waals surface area (Å²) in [5.74, 6) is 1.98. The van der Waals surface area contributed by atoms with Crippen molar-refractivity contribution in [3.63, 3.8) is 0 Å². The van der Waals surface area contributed by atoms with Gasteiger partial charge in [-0.1, -0.05) is 29.8 Å². The Morgan fingerprint density at radius 2 is 2.06 bits per heavy atom. The zero-order valence-electron chi connectivity index (χ0n) is 19.4. The van der Waals surface area contributed by atoms with Crippen molar-refractivity contribution in [2.24, 2.45) is 5.10 Å². The zero-order chi connectivity index (χ0) is 23.6. The van der Waals surface area contributed by atoms with E-state index in [1.54, 1.807) is 23.7 Å². The normalized spacial score (nSPS) is 13.9. The molecule has 0 unspecified atom stereocenters. The van der Waals surface area contributed by atoms with E-state index in [-0.39, 0.29) is 6.01 Å². The van der Waals surface area contributed by atoms with Gasteiger partial charge in [-0.05, 0) is 24.6 Å². The van der Waals surface area contributed by atoms with Crippen molar-refractivity contribution in [1.82, 2.24) is 20.0 Å². The maximum Gasteiger partial charge on any atom is 0.320 e. The number of aryl methyl sites for hydroxylation is 1. The quantitative estimate of drug-likeness (QED) is 0.359. The summed E-state index contributed by atoms with van der Waals surface area (Å²) >= 11 is 0. The maximum absolute atomic E-state index is 5.86. The lowest BCUT2D eigenvalue weighted by Crippen LogP contribution is -2.37. The standard InChI is InChI=1S/C24H29N7O3/c1-19-5-3-6-20(15-19)17-26-29-22-16-23(31-10-12-32-13-11-31)28-24(27-22)33-14-9-30(2)34-21-7-4-8-25-18-21/h3-8,15-18H,9-14H2,1-2H3,(H,27,28,29). The van der Waals surface area contributed by atoms with Crippen molar-refractivity contribution < 1.29 is 14.3 Å². The third-order valence-electron chi connectivity index (χ3n) is 5.00. The molecule has 0 bridgehead atoms. The molecule has 0 radical (unpaired) electrons. The molecule has 34 heavy (non-hydrogen) atoms. The maximum atomic E-state index is 5.86. The van der Waals surface area contributed by atoms with Crippen LogP contribution in [0.15, 0.2) is 60.0 Å². The molecule has 0 amide bonds. The molecule has 10 nitrogen and oxygen atoms in total. The molecule has 1 aliphatic rings. The molecule has 4 rings (SSSR count). The summed E-state index contributed by atoms with van der Waals surface area (Å²) in [5.41, 5.74) is 5.18. The Morgan fingerprint density at radius 1 is 1.18 bits per heavy atom. The van der Waals surface area contributed by atoms with E-state index in [9.17, 15) is 0 Å². The van der Waals surface area contributed by atoms with Gasteiger partial charge in [-0.25, -0.2) is 0 Å². The van der Waals surface area contributed by atoms with E-state index < -0.39 is 0 Å². The van der Waals surface area contributed by atoms with Gasteiger partial charge in [0, 0.05) is 32.4 Å². The van der Waals surface area contributed by atoms with Gasteiger partial charge in [-0.2, -0.15) is 15.1 Å². The molecule has 0 saturated carbocycles. The highest BCUT2D eigenvalue weighted by Crippen LogP contribution is 2.20. The third kappa shape index (κ3) is 7.12. The fourth-order valence-electron chi connectivity index (χ4n) is 3.30. The van der Waals surface area contributed by atoms with Crippen LogP contribution in [0.1, 0.15) is 11.1 Å². The Labute approximate surface area is 199 Å². The van der Waals surface area contributed by atoms with Gasteiger partial charge in [0.2, 0.25) is 0 Å². The van der Waals surface area contributed by atoms with Crippen LogP contribution in [0.4, 0.5) is 11.6 Å². The van der Waals surface area contributed by atoms with E-state index in [1.807, 2.05) is 50.4 Å². The topological polar surface area (TPSA) is 97.2 Å². The third-order valence-corrected chi connectivity index (χ3v) is 5.00. The summed E-state index contributed by atoms with van der Waals surface area (Å²) in [6, 6.07) is 13.9. The average molecular weight is 464 g/mol. The van der Waals surface area contributed by atoms with E-state index in [0.29, 0.717) is 37.9 Å². The molecule has 0 aliphatic carbocycles. The van der Waals surface area contributed by atoms with Crippen LogP contribution in [0.3, 0.4) is 0 Å². The molecule has 0 spiro atoms. The highest BCUT2D eigenvalue weighted by molar-refractivity contribution is 5.80. The predicted molar refractivity (Wildman–Crippen MR) is 130 cm³/mol. The zero-order valence-corrected chi connectivity index (χ0v) is 19.4. The van der Waals surface area contributed by atoms with Crippen LogP contribution in [-0.4, -0.2) is 72.7 Å². The Bertz CT molecular complexity index is 1080. The fourth-order valence-corrected chi connectivity index (χ4v) is 3.30. The highest BCUT2D eigenvalue weighted by atomic mass is 16.7. The molecule has 1 fully saturated rings. The fraction of sp³-hybridized carbons (Fsp3) is 0.333. The van der Waals surface area contributed by atoms with Crippen molar-refractivity contribution in [3.8, 4) is 11.8 Å². The number of hydrogen-bond acceptors (Lipinski definition) is 10. The van der Waals surface area contributed by atoms with Crippen molar-refractivity contribution in [2.45, 2.75) is 6.92 Å². The van der Waals surface area contributed by atoms with Gasteiger partial charge >= 0.3 is 6.01 Å². The van der Waals surface area contributed by atoms with Gasteiger partial charge in [-0.3, -0.25) is 10.4 Å². The van der Waals surface area contributed by atoms with Crippen LogP contribution in [0.5, 0.6) is 11.8 Å². The van der Waals surface area contributed by atoms with Gasteiger partial charge in [0.1, 0.15) is 12.4 Å². The number of hydrazone groups is 1. The number of benzene rings is 1. The first-order valence-corrected chi connectivity index (χ1v) is 11.2. The first kappa shape index (κ1) is 23.4. The van der Waals surface area contributed by atoms with E-state index in [0.717, 1.165) is 24.5 Å². The first-order valence-electron chi connectivity index (χ1n) is 11.2. The van der Waals surface area contributed by atoms with E-state index in [4.69, 9.17) is 14.3 Å². The van der Waals surface area contributed by atoms with Crippen LogP contribution in [0, 0.1) is 6.92 Å². The van der Waals surface area contributed by atoms with Crippen LogP contribution >= 0.6 is 0 Å². The lowest BCUT2D eigenvalue weighted by atomic mass is 10.2. The molecule has 1 aliphatic heterocycles. The van der Waals surface area contributed by atoms with Crippen LogP contribution < -0.4 is 19.9 Å². The summed E-state index contributed by atoms with van der Waals surface area (Å²) in [7, 11) is 1.83. The predicted octanol–water partition coefficient (Wildman–Crippen LogP) is 2.77. The lowest BCUT2D eigenvalue weighted by molar-refractivity contribution is -0.0406. The minimum atomic E-state index is 0.270. The Balaban J connectivity index is 1.40. The van der Waals surface area contributed by atoms with Crippen LogP contribution in [0.2, 0.25) is 0 Å². The second kappa shape index (κ2) is 11.9. The Kier molecular flexibility index (Phi) is 8.20. The highest BCUT2D eigenvalue weighted by Gasteiger charge is 2.16. The summed E-state index contributed by atoms with van der Waals surface area (Å²) in [4.78, 5) is 20.9. The summed E-state index contributed by atoms with van der Waals surface area (Å²) in [5, 5.41) is 6.01. The number of rotatable bonds is 10. The van der Waals surface area contributed by atoms with E-state index in [2.05, 4.69) is 36.4 Å². The van der Waals surface area contributed by atoms with Crippen molar-refractivity contribution in [3.05, 3.63) is 66.0 Å². The molecule has 1 saturated heterocycles. The number of hydroxylamine groups is 2. The molecule has 2 aromatic heterocycles. The summed E-state index contributed by atoms with van der Waals surface area (Å²) in [6.45, 7) is 5.72. The van der Waals surface area contributed by atoms with Gasteiger partial charge in [0.05, 0.1) is 32.2 Å². The molecule has 3 aromatic rings. The van der Waals surface area contributed by atoms with E-state index in [1.165, 1.54) is 5.56 Å². The number of nitrogens with one attached hydrogen (secondary N) is 1. The monoisotopic (exact) mass is 463 g/mol. The largest absolute Gasteiger partial charge is 0.462 e. The first-order chi connectivity index (χ1) is 16.7. The molecule has 3 heterocycles. The number of anilines is 2. The molecule has 1 aromatic carbocycles. The number of ether oxygens (including phenoxy) is 2. The minimum Gasteiger partial charge on any atom is -0.462 e. The molecule has 0 atom stereocenters.